The van der Waals surface area contributed by atoms with Crippen molar-refractivity contribution in [3.63, 3.8) is 0 Å². The van der Waals surface area contributed by atoms with Crippen LogP contribution in [0.1, 0.15) is 17.3 Å². The summed E-state index contributed by atoms with van der Waals surface area (Å²) in [6, 6.07) is 1.79. The van der Waals surface area contributed by atoms with Gasteiger partial charge in [-0.1, -0.05) is 6.07 Å². The van der Waals surface area contributed by atoms with Crippen LogP contribution < -0.4 is 5.73 Å². The molecule has 0 radical (unpaired) electrons. The third-order valence-electron chi connectivity index (χ3n) is 1.87. The average molecular weight is 225 g/mol. The molecule has 0 spiro atoms. The summed E-state index contributed by atoms with van der Waals surface area (Å²) in [6.45, 7) is -0.575. The van der Waals surface area contributed by atoms with Crippen LogP contribution in [0.5, 0.6) is 0 Å². The number of nitrogens with two attached hydrogens (primary N) is 1. The Kier molecular flexibility index (Phi) is 3.28. The lowest BCUT2D eigenvalue weighted by molar-refractivity contribution is -0.138. The summed E-state index contributed by atoms with van der Waals surface area (Å²) in [5.41, 5.74) is 2.97. The van der Waals surface area contributed by atoms with Crippen LogP contribution in [0, 0.1) is 5.82 Å². The monoisotopic (exact) mass is 225 g/mol. The molecule has 1 aromatic carbocycles. The Morgan fingerprint density at radius 3 is 2.33 bits per heavy atom. The molecule has 0 aromatic heterocycles. The van der Waals surface area contributed by atoms with E-state index in [9.17, 15) is 22.0 Å². The van der Waals surface area contributed by atoms with Gasteiger partial charge in [0, 0.05) is 6.54 Å². The summed E-state index contributed by atoms with van der Waals surface area (Å²) in [7, 11) is 0. The van der Waals surface area contributed by atoms with Crippen LogP contribution in [0.25, 0.3) is 0 Å². The molecule has 0 amide bonds. The molecule has 0 aliphatic carbocycles. The predicted molar refractivity (Wildman–Crippen MR) is 44.3 cm³/mol. The highest BCUT2D eigenvalue weighted by Gasteiger charge is 2.35. The second-order valence-electron chi connectivity index (χ2n) is 2.93. The molecule has 0 saturated carbocycles. The van der Waals surface area contributed by atoms with Gasteiger partial charge in [-0.15, -0.1) is 0 Å². The molecule has 1 nitrogen and oxygen atoms in total. The minimum atomic E-state index is -4.78. The van der Waals surface area contributed by atoms with Crippen LogP contribution in [0.15, 0.2) is 18.2 Å². The molecule has 1 rings (SSSR count). The minimum Gasteiger partial charge on any atom is -0.327 e. The summed E-state index contributed by atoms with van der Waals surface area (Å²) in [4.78, 5) is 0. The second-order valence-corrected chi connectivity index (χ2v) is 2.93. The largest absolute Gasteiger partial charge is 0.416 e. The lowest BCUT2D eigenvalue weighted by Crippen LogP contribution is -2.15. The van der Waals surface area contributed by atoms with Crippen LogP contribution in [-0.4, -0.2) is 6.54 Å². The third-order valence-corrected chi connectivity index (χ3v) is 1.87. The summed E-state index contributed by atoms with van der Waals surface area (Å²) >= 11 is 0. The van der Waals surface area contributed by atoms with E-state index in [1.807, 2.05) is 0 Å². The lowest BCUT2D eigenvalue weighted by atomic mass is 10.0. The number of hydrogen-bond donors (Lipinski definition) is 1. The van der Waals surface area contributed by atoms with Gasteiger partial charge in [-0.2, -0.15) is 13.2 Å². The van der Waals surface area contributed by atoms with Gasteiger partial charge in [0.2, 0.25) is 0 Å². The number of hydrogen-bond acceptors (Lipinski definition) is 1. The topological polar surface area (TPSA) is 26.0 Å². The fourth-order valence-electron chi connectivity index (χ4n) is 1.17. The molecular formula is C9H8F5N. The molecule has 1 unspecified atom stereocenters. The highest BCUT2D eigenvalue weighted by molar-refractivity contribution is 5.32. The average Bonchev–Trinajstić information content (AvgIpc) is 2.15. The zero-order chi connectivity index (χ0) is 11.6. The van der Waals surface area contributed by atoms with E-state index in [-0.39, 0.29) is 6.07 Å². The number of rotatable bonds is 2. The van der Waals surface area contributed by atoms with Gasteiger partial charge < -0.3 is 5.73 Å². The van der Waals surface area contributed by atoms with Gasteiger partial charge in [0.1, 0.15) is 12.0 Å². The molecule has 0 aliphatic heterocycles. The quantitative estimate of drug-likeness (QED) is 0.769. The Hall–Kier alpha value is -1.17. The first kappa shape index (κ1) is 11.9. The van der Waals surface area contributed by atoms with Crippen molar-refractivity contribution in [1.82, 2.24) is 0 Å². The first-order chi connectivity index (χ1) is 6.86. The first-order valence-corrected chi connectivity index (χ1v) is 4.07. The van der Waals surface area contributed by atoms with Crippen molar-refractivity contribution in [2.75, 3.05) is 6.54 Å². The van der Waals surface area contributed by atoms with Crippen LogP contribution >= 0.6 is 0 Å². The van der Waals surface area contributed by atoms with Gasteiger partial charge >= 0.3 is 6.18 Å². The molecule has 0 saturated heterocycles. The van der Waals surface area contributed by atoms with Crippen LogP contribution in [0.2, 0.25) is 0 Å². The number of benzene rings is 1. The molecular weight excluding hydrogens is 217 g/mol. The lowest BCUT2D eigenvalue weighted by Gasteiger charge is -2.14. The van der Waals surface area contributed by atoms with Gasteiger partial charge in [0.25, 0.3) is 0 Å². The Labute approximate surface area is 82.7 Å². The molecule has 0 bridgehead atoms. The summed E-state index contributed by atoms with van der Waals surface area (Å²) < 4.78 is 62.7. The smallest absolute Gasteiger partial charge is 0.327 e. The molecule has 2 N–H and O–H groups in total. The zero-order valence-corrected chi connectivity index (χ0v) is 7.48. The molecule has 1 atom stereocenters. The molecule has 6 heteroatoms. The van der Waals surface area contributed by atoms with E-state index in [4.69, 9.17) is 5.73 Å². The molecule has 15 heavy (non-hydrogen) atoms. The van der Waals surface area contributed by atoms with E-state index in [0.717, 1.165) is 12.1 Å². The normalized spacial score (nSPS) is 14.0. The highest BCUT2D eigenvalue weighted by atomic mass is 19.4. The third kappa shape index (κ3) is 2.65. The van der Waals surface area contributed by atoms with E-state index in [2.05, 4.69) is 0 Å². The van der Waals surface area contributed by atoms with Crippen molar-refractivity contribution in [2.45, 2.75) is 12.3 Å². The standard InChI is InChI=1S/C9H8F5N/c10-5-1-2-6(8(11)4-15)7(3-5)9(12,13)14/h1-3,8H,4,15H2. The molecule has 0 aliphatic rings. The van der Waals surface area contributed by atoms with Crippen molar-refractivity contribution in [2.24, 2.45) is 5.73 Å². The maximum absolute atomic E-state index is 13.0. The van der Waals surface area contributed by atoms with Gasteiger partial charge in [0.05, 0.1) is 5.56 Å². The van der Waals surface area contributed by atoms with Crippen LogP contribution in [0.4, 0.5) is 22.0 Å². The number of halogens is 5. The summed E-state index contributed by atoms with van der Waals surface area (Å²) in [6.07, 6.45) is -6.72. The van der Waals surface area contributed by atoms with Crippen molar-refractivity contribution in [1.29, 1.82) is 0 Å². The van der Waals surface area contributed by atoms with Crippen LogP contribution in [0.3, 0.4) is 0 Å². The van der Waals surface area contributed by atoms with E-state index in [1.54, 1.807) is 0 Å². The first-order valence-electron chi connectivity index (χ1n) is 4.07. The fourth-order valence-corrected chi connectivity index (χ4v) is 1.17. The Bertz CT molecular complexity index is 347. The van der Waals surface area contributed by atoms with E-state index >= 15 is 0 Å². The highest BCUT2D eigenvalue weighted by Crippen LogP contribution is 2.35. The zero-order valence-electron chi connectivity index (χ0n) is 7.48. The molecule has 1 aromatic rings. The Morgan fingerprint density at radius 2 is 1.87 bits per heavy atom. The predicted octanol–water partition coefficient (Wildman–Crippen LogP) is 2.81. The van der Waals surface area contributed by atoms with Crippen molar-refractivity contribution >= 4 is 0 Å². The van der Waals surface area contributed by atoms with Crippen molar-refractivity contribution in [3.8, 4) is 0 Å². The van der Waals surface area contributed by atoms with E-state index in [1.165, 1.54) is 0 Å². The summed E-state index contributed by atoms with van der Waals surface area (Å²) in [5.74, 6) is -1.06. The molecule has 0 fully saturated rings. The number of alkyl halides is 4. The van der Waals surface area contributed by atoms with Crippen LogP contribution in [-0.2, 0) is 6.18 Å². The Balaban J connectivity index is 3.27. The Morgan fingerprint density at radius 1 is 1.27 bits per heavy atom. The second kappa shape index (κ2) is 4.14. The fraction of sp³-hybridized carbons (Fsp3) is 0.333. The van der Waals surface area contributed by atoms with Crippen molar-refractivity contribution in [3.05, 3.63) is 35.1 Å². The molecule has 84 valence electrons. The van der Waals surface area contributed by atoms with Gasteiger partial charge in [-0.3, -0.25) is 0 Å². The van der Waals surface area contributed by atoms with Gasteiger partial charge in [-0.05, 0) is 17.7 Å². The maximum Gasteiger partial charge on any atom is 0.416 e. The van der Waals surface area contributed by atoms with Gasteiger partial charge in [-0.25, -0.2) is 8.78 Å². The van der Waals surface area contributed by atoms with E-state index in [0.29, 0.717) is 0 Å². The van der Waals surface area contributed by atoms with Gasteiger partial charge in [0.15, 0.2) is 0 Å². The maximum atomic E-state index is 13.0. The SMILES string of the molecule is NCC(F)c1ccc(F)cc1C(F)(F)F. The van der Waals surface area contributed by atoms with E-state index < -0.39 is 35.8 Å². The van der Waals surface area contributed by atoms with Crippen molar-refractivity contribution < 1.29 is 22.0 Å². The molecule has 0 heterocycles. The summed E-state index contributed by atoms with van der Waals surface area (Å²) in [5, 5.41) is 0. The minimum absolute atomic E-state index is 0.261.